The van der Waals surface area contributed by atoms with Crippen LogP contribution in [0, 0.1) is 52.8 Å². The molecule has 1 nitrogen and oxygen atoms in total. The van der Waals surface area contributed by atoms with Gasteiger partial charge >= 0.3 is 0 Å². The van der Waals surface area contributed by atoms with E-state index < -0.39 is 0 Å². The lowest BCUT2D eigenvalue weighted by molar-refractivity contribution is -0.379. The summed E-state index contributed by atoms with van der Waals surface area (Å²) in [5.74, 6) is 7.54. The van der Waals surface area contributed by atoms with Crippen molar-refractivity contribution in [3.63, 3.8) is 0 Å². The minimum Gasteiger partial charge on any atom is -0.389 e. The maximum Gasteiger partial charge on any atom is 0.0763 e. The monoisotopic (exact) mass is 190 g/mol. The van der Waals surface area contributed by atoms with Gasteiger partial charge in [-0.3, -0.25) is 0 Å². The average Bonchev–Trinajstić information content (AvgIpc) is 2.29. The minimum absolute atomic E-state index is 0.114. The summed E-state index contributed by atoms with van der Waals surface area (Å²) in [7, 11) is 0. The third-order valence-electron chi connectivity index (χ3n) is 6.99. The molecule has 0 amide bonds. The standard InChI is InChI=1S/C13H18O/c1-12(2,3)13(14)10-6-4-5-8(6)11(13)9(5)7(4)10/h4-11,14H,1-3H3. The summed E-state index contributed by atoms with van der Waals surface area (Å²) in [4.78, 5) is 0. The highest BCUT2D eigenvalue weighted by molar-refractivity contribution is 5.44. The summed E-state index contributed by atoms with van der Waals surface area (Å²) in [6.07, 6.45) is 0. The Labute approximate surface area is 84.9 Å². The first-order chi connectivity index (χ1) is 6.49. The Morgan fingerprint density at radius 1 is 0.786 bits per heavy atom. The molecule has 4 atom stereocenters. The summed E-state index contributed by atoms with van der Waals surface area (Å²) in [5.41, 5.74) is -0.163. The molecule has 6 rings (SSSR count). The topological polar surface area (TPSA) is 20.2 Å². The van der Waals surface area contributed by atoms with Crippen molar-refractivity contribution in [1.82, 2.24) is 0 Å². The van der Waals surface area contributed by atoms with Crippen molar-refractivity contribution in [2.24, 2.45) is 52.8 Å². The van der Waals surface area contributed by atoms with Crippen molar-refractivity contribution in [1.29, 1.82) is 0 Å². The zero-order valence-corrected chi connectivity index (χ0v) is 9.07. The molecule has 1 heteroatoms. The van der Waals surface area contributed by atoms with Gasteiger partial charge in [-0.05, 0) is 52.8 Å². The van der Waals surface area contributed by atoms with Crippen molar-refractivity contribution in [2.45, 2.75) is 26.4 Å². The van der Waals surface area contributed by atoms with Crippen LogP contribution in [0.2, 0.25) is 0 Å². The van der Waals surface area contributed by atoms with Gasteiger partial charge < -0.3 is 5.11 Å². The molecule has 6 aliphatic carbocycles. The van der Waals surface area contributed by atoms with E-state index in [1.165, 1.54) is 0 Å². The molecule has 0 spiro atoms. The zero-order valence-electron chi connectivity index (χ0n) is 9.07. The highest BCUT2D eigenvalue weighted by atomic mass is 16.3. The fraction of sp³-hybridized carbons (Fsp3) is 1.00. The fourth-order valence-electron chi connectivity index (χ4n) is 6.81. The van der Waals surface area contributed by atoms with Gasteiger partial charge in [-0.15, -0.1) is 0 Å². The average molecular weight is 190 g/mol. The highest BCUT2D eigenvalue weighted by Gasteiger charge is 2.97. The van der Waals surface area contributed by atoms with Gasteiger partial charge in [0.25, 0.3) is 0 Å². The number of hydrogen-bond donors (Lipinski definition) is 1. The van der Waals surface area contributed by atoms with Gasteiger partial charge in [-0.25, -0.2) is 0 Å². The maximum atomic E-state index is 11.0. The van der Waals surface area contributed by atoms with Crippen LogP contribution in [0.3, 0.4) is 0 Å². The third kappa shape index (κ3) is 0.340. The van der Waals surface area contributed by atoms with Crippen LogP contribution in [0.4, 0.5) is 0 Å². The van der Waals surface area contributed by atoms with Crippen LogP contribution in [-0.4, -0.2) is 10.7 Å². The molecule has 6 aliphatic rings. The lowest BCUT2D eigenvalue weighted by Gasteiger charge is -2.84. The second-order valence-electron chi connectivity index (χ2n) is 7.59. The molecule has 0 aromatic heterocycles. The Bertz CT molecular complexity index is 320. The van der Waals surface area contributed by atoms with E-state index >= 15 is 0 Å². The second-order valence-corrected chi connectivity index (χ2v) is 7.59. The predicted molar refractivity (Wildman–Crippen MR) is 52.3 cm³/mol. The van der Waals surface area contributed by atoms with Gasteiger partial charge in [0.15, 0.2) is 0 Å². The first-order valence-corrected chi connectivity index (χ1v) is 6.22. The normalized spacial score (nSPS) is 79.7. The molecular formula is C13H18O. The van der Waals surface area contributed by atoms with E-state index in [1.54, 1.807) is 0 Å². The molecule has 76 valence electrons. The van der Waals surface area contributed by atoms with Crippen LogP contribution in [0.15, 0.2) is 0 Å². The number of rotatable bonds is 0. The van der Waals surface area contributed by atoms with Gasteiger partial charge in [0, 0.05) is 0 Å². The van der Waals surface area contributed by atoms with Crippen LogP contribution in [-0.2, 0) is 0 Å². The molecule has 0 aromatic rings. The lowest BCUT2D eigenvalue weighted by atomic mass is 9.20. The molecule has 0 aliphatic heterocycles. The summed E-state index contributed by atoms with van der Waals surface area (Å²) in [5, 5.41) is 11.0. The summed E-state index contributed by atoms with van der Waals surface area (Å²) in [6.45, 7) is 6.74. The summed E-state index contributed by atoms with van der Waals surface area (Å²) >= 11 is 0. The van der Waals surface area contributed by atoms with E-state index in [1.807, 2.05) is 0 Å². The Balaban J connectivity index is 1.72. The molecule has 0 saturated heterocycles. The molecule has 14 heavy (non-hydrogen) atoms. The molecule has 4 unspecified atom stereocenters. The molecule has 0 heterocycles. The molecule has 6 fully saturated rings. The van der Waals surface area contributed by atoms with E-state index in [-0.39, 0.29) is 11.0 Å². The van der Waals surface area contributed by atoms with E-state index in [0.29, 0.717) is 0 Å². The first kappa shape index (κ1) is 7.27. The van der Waals surface area contributed by atoms with E-state index in [9.17, 15) is 5.11 Å². The Morgan fingerprint density at radius 2 is 1.14 bits per heavy atom. The molecule has 6 saturated carbocycles. The maximum absolute atomic E-state index is 11.0. The highest BCUT2D eigenvalue weighted by Crippen LogP contribution is 2.97. The summed E-state index contributed by atoms with van der Waals surface area (Å²) in [6, 6.07) is 0. The zero-order chi connectivity index (χ0) is 9.62. The Kier molecular flexibility index (Phi) is 0.744. The van der Waals surface area contributed by atoms with E-state index in [4.69, 9.17) is 0 Å². The van der Waals surface area contributed by atoms with E-state index in [2.05, 4.69) is 20.8 Å². The van der Waals surface area contributed by atoms with Crippen molar-refractivity contribution < 1.29 is 5.11 Å². The lowest BCUT2D eigenvalue weighted by Crippen LogP contribution is -2.81. The van der Waals surface area contributed by atoms with Crippen molar-refractivity contribution in [3.8, 4) is 0 Å². The van der Waals surface area contributed by atoms with Crippen molar-refractivity contribution >= 4 is 0 Å². The minimum atomic E-state index is -0.277. The van der Waals surface area contributed by atoms with Crippen LogP contribution >= 0.6 is 0 Å². The molecular weight excluding hydrogens is 172 g/mol. The quantitative estimate of drug-likeness (QED) is 0.617. The molecule has 2 bridgehead atoms. The summed E-state index contributed by atoms with van der Waals surface area (Å²) < 4.78 is 0. The second kappa shape index (κ2) is 1.43. The Hall–Kier alpha value is -0.0400. The van der Waals surface area contributed by atoms with Crippen LogP contribution < -0.4 is 0 Å². The first-order valence-electron chi connectivity index (χ1n) is 6.22. The smallest absolute Gasteiger partial charge is 0.0763 e. The van der Waals surface area contributed by atoms with Crippen molar-refractivity contribution in [3.05, 3.63) is 0 Å². The van der Waals surface area contributed by atoms with Crippen LogP contribution in [0.1, 0.15) is 20.8 Å². The SMILES string of the molecule is CC(C)(C)C1(O)C2C3C4C5C3C1C5C42. The fourth-order valence-corrected chi connectivity index (χ4v) is 6.81. The van der Waals surface area contributed by atoms with Crippen LogP contribution in [0.25, 0.3) is 0 Å². The van der Waals surface area contributed by atoms with Gasteiger partial charge in [-0.2, -0.15) is 0 Å². The van der Waals surface area contributed by atoms with Crippen molar-refractivity contribution in [2.75, 3.05) is 0 Å². The van der Waals surface area contributed by atoms with Gasteiger partial charge in [-0.1, -0.05) is 20.8 Å². The molecule has 0 radical (unpaired) electrons. The van der Waals surface area contributed by atoms with E-state index in [0.717, 1.165) is 47.3 Å². The molecule has 0 aromatic carbocycles. The van der Waals surface area contributed by atoms with Gasteiger partial charge in [0.1, 0.15) is 0 Å². The molecule has 1 N–H and O–H groups in total. The number of hydrogen-bond acceptors (Lipinski definition) is 1. The largest absolute Gasteiger partial charge is 0.389 e. The predicted octanol–water partition coefficient (Wildman–Crippen LogP) is 1.76. The van der Waals surface area contributed by atoms with Gasteiger partial charge in [0.2, 0.25) is 0 Å². The Morgan fingerprint density at radius 3 is 1.43 bits per heavy atom. The number of aliphatic hydroxyl groups is 1. The van der Waals surface area contributed by atoms with Crippen LogP contribution in [0.5, 0.6) is 0 Å². The van der Waals surface area contributed by atoms with Gasteiger partial charge in [0.05, 0.1) is 5.60 Å². The third-order valence-corrected chi connectivity index (χ3v) is 6.99.